The minimum atomic E-state index is 0.444. The Kier molecular flexibility index (Phi) is 4.32. The van der Waals surface area contributed by atoms with Crippen molar-refractivity contribution in [2.45, 2.75) is 39.2 Å². The number of aryl methyl sites for hydroxylation is 1. The third kappa shape index (κ3) is 2.48. The Balaban J connectivity index is 2.77. The summed E-state index contributed by atoms with van der Waals surface area (Å²) in [6.45, 7) is 4.32. The van der Waals surface area contributed by atoms with Gasteiger partial charge in [0.25, 0.3) is 0 Å². The lowest BCUT2D eigenvalue weighted by Gasteiger charge is -2.13. The van der Waals surface area contributed by atoms with Crippen molar-refractivity contribution in [1.82, 2.24) is 14.9 Å². The molecule has 4 heteroatoms. The maximum Gasteiger partial charge on any atom is 0.0800 e. The summed E-state index contributed by atoms with van der Waals surface area (Å²) >= 11 is 1.52. The van der Waals surface area contributed by atoms with E-state index in [1.165, 1.54) is 22.8 Å². The zero-order chi connectivity index (χ0) is 9.68. The standard InChI is InChI=1S/C9H17N3S/c1-4-6-8(10-3)9-7(5-2)11-12-13-9/h8,10H,4-6H2,1-3H3. The van der Waals surface area contributed by atoms with Gasteiger partial charge in [-0.2, -0.15) is 0 Å². The molecule has 0 radical (unpaired) electrons. The van der Waals surface area contributed by atoms with Gasteiger partial charge in [0, 0.05) is 6.04 Å². The molecular formula is C9H17N3S. The molecule has 1 heterocycles. The van der Waals surface area contributed by atoms with Crippen LogP contribution in [-0.4, -0.2) is 16.6 Å². The second-order valence-corrected chi connectivity index (χ2v) is 3.85. The van der Waals surface area contributed by atoms with Gasteiger partial charge in [0.15, 0.2) is 0 Å². The van der Waals surface area contributed by atoms with Crippen molar-refractivity contribution in [3.05, 3.63) is 10.6 Å². The van der Waals surface area contributed by atoms with Crippen molar-refractivity contribution in [3.63, 3.8) is 0 Å². The minimum absolute atomic E-state index is 0.444. The van der Waals surface area contributed by atoms with Crippen molar-refractivity contribution in [2.75, 3.05) is 7.05 Å². The van der Waals surface area contributed by atoms with Gasteiger partial charge in [0.2, 0.25) is 0 Å². The van der Waals surface area contributed by atoms with E-state index in [9.17, 15) is 0 Å². The van der Waals surface area contributed by atoms with Gasteiger partial charge in [-0.15, -0.1) is 5.10 Å². The summed E-state index contributed by atoms with van der Waals surface area (Å²) in [5.74, 6) is 0. The van der Waals surface area contributed by atoms with E-state index in [2.05, 4.69) is 28.8 Å². The van der Waals surface area contributed by atoms with Gasteiger partial charge >= 0.3 is 0 Å². The Labute approximate surface area is 83.7 Å². The van der Waals surface area contributed by atoms with Gasteiger partial charge in [-0.1, -0.05) is 24.8 Å². The predicted molar refractivity (Wildman–Crippen MR) is 56.0 cm³/mol. The number of nitrogens with zero attached hydrogens (tertiary/aromatic N) is 2. The van der Waals surface area contributed by atoms with E-state index >= 15 is 0 Å². The van der Waals surface area contributed by atoms with E-state index in [0.717, 1.165) is 18.5 Å². The molecule has 1 unspecified atom stereocenters. The third-order valence-corrected chi connectivity index (χ3v) is 3.04. The SMILES string of the molecule is CCCC(NC)c1snnc1CC. The minimum Gasteiger partial charge on any atom is -0.312 e. The van der Waals surface area contributed by atoms with Gasteiger partial charge in [0.05, 0.1) is 10.6 Å². The average molecular weight is 199 g/mol. The number of rotatable bonds is 5. The van der Waals surface area contributed by atoms with Crippen molar-refractivity contribution in [1.29, 1.82) is 0 Å². The number of nitrogens with one attached hydrogen (secondary N) is 1. The summed E-state index contributed by atoms with van der Waals surface area (Å²) in [5.41, 5.74) is 1.15. The monoisotopic (exact) mass is 199 g/mol. The first-order valence-electron chi connectivity index (χ1n) is 4.81. The van der Waals surface area contributed by atoms with E-state index in [4.69, 9.17) is 0 Å². The smallest absolute Gasteiger partial charge is 0.0800 e. The predicted octanol–water partition coefficient (Wildman–Crippen LogP) is 2.16. The van der Waals surface area contributed by atoms with Gasteiger partial charge in [-0.25, -0.2) is 0 Å². The highest BCUT2D eigenvalue weighted by molar-refractivity contribution is 7.05. The maximum absolute atomic E-state index is 4.11. The molecule has 0 saturated heterocycles. The van der Waals surface area contributed by atoms with Crippen LogP contribution in [0.2, 0.25) is 0 Å². The summed E-state index contributed by atoms with van der Waals surface area (Å²) < 4.78 is 4.00. The fraction of sp³-hybridized carbons (Fsp3) is 0.778. The zero-order valence-electron chi connectivity index (χ0n) is 8.50. The average Bonchev–Trinajstić information content (AvgIpc) is 2.61. The lowest BCUT2D eigenvalue weighted by Crippen LogP contribution is -2.16. The van der Waals surface area contributed by atoms with E-state index in [-0.39, 0.29) is 0 Å². The molecule has 0 aromatic carbocycles. The van der Waals surface area contributed by atoms with Gasteiger partial charge < -0.3 is 5.32 Å². The molecule has 3 nitrogen and oxygen atoms in total. The van der Waals surface area contributed by atoms with Gasteiger partial charge in [0.1, 0.15) is 0 Å². The molecule has 0 bridgehead atoms. The lowest BCUT2D eigenvalue weighted by molar-refractivity contribution is 0.545. The second-order valence-electron chi connectivity index (χ2n) is 3.07. The molecule has 0 aliphatic carbocycles. The largest absolute Gasteiger partial charge is 0.312 e. The van der Waals surface area contributed by atoms with Gasteiger partial charge in [-0.05, 0) is 31.4 Å². The van der Waals surface area contributed by atoms with Crippen molar-refractivity contribution in [2.24, 2.45) is 0 Å². The summed E-state index contributed by atoms with van der Waals surface area (Å²) in [4.78, 5) is 1.31. The number of hydrogen-bond acceptors (Lipinski definition) is 4. The first-order chi connectivity index (χ1) is 6.33. The van der Waals surface area contributed by atoms with Crippen LogP contribution < -0.4 is 5.32 Å². The zero-order valence-corrected chi connectivity index (χ0v) is 9.32. The van der Waals surface area contributed by atoms with E-state index in [0.29, 0.717) is 6.04 Å². The molecule has 0 saturated carbocycles. The molecular weight excluding hydrogens is 182 g/mol. The van der Waals surface area contributed by atoms with Crippen LogP contribution in [0.3, 0.4) is 0 Å². The first-order valence-corrected chi connectivity index (χ1v) is 5.59. The fourth-order valence-corrected chi connectivity index (χ4v) is 2.30. The van der Waals surface area contributed by atoms with Crippen LogP contribution in [0.5, 0.6) is 0 Å². The van der Waals surface area contributed by atoms with Crippen LogP contribution >= 0.6 is 11.5 Å². The molecule has 0 aliphatic heterocycles. The summed E-state index contributed by atoms with van der Waals surface area (Å²) in [5, 5.41) is 7.42. The van der Waals surface area contributed by atoms with Crippen LogP contribution in [0.15, 0.2) is 0 Å². The van der Waals surface area contributed by atoms with E-state index in [1.54, 1.807) is 0 Å². The molecule has 1 aromatic rings. The first kappa shape index (κ1) is 10.6. The molecule has 0 spiro atoms. The molecule has 1 rings (SSSR count). The van der Waals surface area contributed by atoms with Crippen LogP contribution in [0.4, 0.5) is 0 Å². The van der Waals surface area contributed by atoms with E-state index < -0.39 is 0 Å². The molecule has 0 aliphatic rings. The Morgan fingerprint density at radius 2 is 2.23 bits per heavy atom. The highest BCUT2D eigenvalue weighted by atomic mass is 32.1. The Bertz CT molecular complexity index is 247. The van der Waals surface area contributed by atoms with E-state index in [1.807, 2.05) is 7.05 Å². The Hall–Kier alpha value is -0.480. The highest BCUT2D eigenvalue weighted by Crippen LogP contribution is 2.24. The Morgan fingerprint density at radius 3 is 2.77 bits per heavy atom. The van der Waals surface area contributed by atoms with Crippen LogP contribution in [0, 0.1) is 0 Å². The van der Waals surface area contributed by atoms with Crippen molar-refractivity contribution < 1.29 is 0 Å². The van der Waals surface area contributed by atoms with Gasteiger partial charge in [-0.3, -0.25) is 0 Å². The molecule has 1 N–H and O–H groups in total. The quantitative estimate of drug-likeness (QED) is 0.789. The lowest BCUT2D eigenvalue weighted by atomic mass is 10.1. The third-order valence-electron chi connectivity index (χ3n) is 2.16. The molecule has 1 atom stereocenters. The topological polar surface area (TPSA) is 37.8 Å². The van der Waals surface area contributed by atoms with Crippen molar-refractivity contribution in [3.8, 4) is 0 Å². The molecule has 74 valence electrons. The summed E-state index contributed by atoms with van der Waals surface area (Å²) in [6, 6.07) is 0.444. The Morgan fingerprint density at radius 1 is 1.46 bits per heavy atom. The number of aromatic nitrogens is 2. The van der Waals surface area contributed by atoms with Crippen LogP contribution in [0.1, 0.15) is 43.3 Å². The molecule has 1 aromatic heterocycles. The van der Waals surface area contributed by atoms with Crippen LogP contribution in [-0.2, 0) is 6.42 Å². The summed E-state index contributed by atoms with van der Waals surface area (Å²) in [7, 11) is 2.00. The summed E-state index contributed by atoms with van der Waals surface area (Å²) in [6.07, 6.45) is 3.33. The molecule has 0 amide bonds. The normalized spacial score (nSPS) is 13.2. The second kappa shape index (κ2) is 5.29. The highest BCUT2D eigenvalue weighted by Gasteiger charge is 2.15. The fourth-order valence-electron chi connectivity index (χ4n) is 1.42. The van der Waals surface area contributed by atoms with Crippen molar-refractivity contribution >= 4 is 11.5 Å². The maximum atomic E-state index is 4.11. The van der Waals surface area contributed by atoms with Crippen LogP contribution in [0.25, 0.3) is 0 Å². The molecule has 0 fully saturated rings. The molecule has 13 heavy (non-hydrogen) atoms. The number of hydrogen-bond donors (Lipinski definition) is 1.